The van der Waals surface area contributed by atoms with Crippen LogP contribution in [0.4, 0.5) is 4.39 Å². The molecule has 0 bridgehead atoms. The molecular formula is C24H33FN4O3. The van der Waals surface area contributed by atoms with E-state index in [0.717, 1.165) is 32.4 Å². The van der Waals surface area contributed by atoms with E-state index >= 15 is 0 Å². The van der Waals surface area contributed by atoms with Crippen molar-refractivity contribution in [3.8, 4) is 0 Å². The monoisotopic (exact) mass is 444 g/mol. The lowest BCUT2D eigenvalue weighted by molar-refractivity contribution is -0.138. The maximum absolute atomic E-state index is 13.6. The highest BCUT2D eigenvalue weighted by atomic mass is 19.1. The molecule has 3 amide bonds. The quantitative estimate of drug-likeness (QED) is 0.753. The van der Waals surface area contributed by atoms with Crippen molar-refractivity contribution >= 4 is 17.7 Å². The fourth-order valence-corrected chi connectivity index (χ4v) is 4.82. The van der Waals surface area contributed by atoms with E-state index in [1.165, 1.54) is 24.3 Å². The van der Waals surface area contributed by atoms with Crippen LogP contribution in [0.25, 0.3) is 0 Å². The normalized spacial score (nSPS) is 23.9. The standard InChI is InChI=1S/C24H33FN4O3/c1-16(2)22(30)29(19-8-9-19)20-14-21(24(32)27-12-3-10-26-11-13-27)28(15-20)23(31)17-4-6-18(25)7-5-17/h4-7,16,19-21,26H,3,8-15H2,1-2H3. The Morgan fingerprint density at radius 1 is 1.06 bits per heavy atom. The highest BCUT2D eigenvalue weighted by molar-refractivity contribution is 5.98. The fraction of sp³-hybridized carbons (Fsp3) is 0.625. The molecule has 1 N–H and O–H groups in total. The Balaban J connectivity index is 1.61. The van der Waals surface area contributed by atoms with E-state index in [4.69, 9.17) is 0 Å². The molecule has 0 spiro atoms. The summed E-state index contributed by atoms with van der Waals surface area (Å²) < 4.78 is 13.4. The summed E-state index contributed by atoms with van der Waals surface area (Å²) in [5.41, 5.74) is 0.357. The van der Waals surface area contributed by atoms with Crippen LogP contribution in [-0.4, -0.2) is 83.3 Å². The first kappa shape index (κ1) is 22.7. The number of likely N-dealkylation sites (tertiary alicyclic amines) is 1. The average Bonchev–Trinajstić information content (AvgIpc) is 3.56. The molecule has 4 rings (SSSR count). The average molecular weight is 445 g/mol. The van der Waals surface area contributed by atoms with Gasteiger partial charge < -0.3 is 20.0 Å². The third-order valence-electron chi connectivity index (χ3n) is 6.65. The van der Waals surface area contributed by atoms with Crippen molar-refractivity contribution in [3.63, 3.8) is 0 Å². The molecule has 1 saturated carbocycles. The number of nitrogens with zero attached hydrogens (tertiary/aromatic N) is 3. The molecule has 0 radical (unpaired) electrons. The summed E-state index contributed by atoms with van der Waals surface area (Å²) in [5.74, 6) is -0.805. The largest absolute Gasteiger partial charge is 0.340 e. The minimum atomic E-state index is -0.614. The number of hydrogen-bond acceptors (Lipinski definition) is 4. The van der Waals surface area contributed by atoms with Crippen LogP contribution in [0.1, 0.15) is 49.9 Å². The van der Waals surface area contributed by atoms with Gasteiger partial charge in [0.2, 0.25) is 11.8 Å². The molecule has 3 aliphatic rings. The maximum Gasteiger partial charge on any atom is 0.254 e. The Bertz CT molecular complexity index is 847. The van der Waals surface area contributed by atoms with Gasteiger partial charge in [-0.3, -0.25) is 14.4 Å². The molecule has 2 saturated heterocycles. The van der Waals surface area contributed by atoms with Crippen LogP contribution in [0, 0.1) is 11.7 Å². The van der Waals surface area contributed by atoms with E-state index in [1.54, 1.807) is 4.90 Å². The van der Waals surface area contributed by atoms with Crippen molar-refractivity contribution in [2.24, 2.45) is 5.92 Å². The molecule has 1 aromatic carbocycles. The van der Waals surface area contributed by atoms with Crippen LogP contribution in [0.2, 0.25) is 0 Å². The van der Waals surface area contributed by atoms with Gasteiger partial charge in [-0.1, -0.05) is 13.8 Å². The van der Waals surface area contributed by atoms with E-state index in [1.807, 2.05) is 23.6 Å². The zero-order chi connectivity index (χ0) is 22.8. The van der Waals surface area contributed by atoms with E-state index in [0.29, 0.717) is 31.6 Å². The van der Waals surface area contributed by atoms with Gasteiger partial charge in [0.25, 0.3) is 5.91 Å². The van der Waals surface area contributed by atoms with Crippen LogP contribution in [0.3, 0.4) is 0 Å². The molecule has 2 aliphatic heterocycles. The van der Waals surface area contributed by atoms with Crippen LogP contribution in [-0.2, 0) is 9.59 Å². The van der Waals surface area contributed by atoms with E-state index < -0.39 is 11.9 Å². The van der Waals surface area contributed by atoms with E-state index in [-0.39, 0.29) is 35.7 Å². The number of hydrogen-bond donors (Lipinski definition) is 1. The number of benzene rings is 1. The first-order valence-corrected chi connectivity index (χ1v) is 11.7. The molecule has 32 heavy (non-hydrogen) atoms. The summed E-state index contributed by atoms with van der Waals surface area (Å²) in [6, 6.07) is 4.85. The minimum Gasteiger partial charge on any atom is -0.340 e. The van der Waals surface area contributed by atoms with Gasteiger partial charge in [0.15, 0.2) is 0 Å². The summed E-state index contributed by atoms with van der Waals surface area (Å²) in [4.78, 5) is 45.3. The van der Waals surface area contributed by atoms with Gasteiger partial charge in [-0.15, -0.1) is 0 Å². The van der Waals surface area contributed by atoms with Crippen molar-refractivity contribution < 1.29 is 18.8 Å². The van der Waals surface area contributed by atoms with Gasteiger partial charge in [-0.05, 0) is 56.5 Å². The second-order valence-corrected chi connectivity index (χ2v) is 9.43. The Morgan fingerprint density at radius 3 is 2.44 bits per heavy atom. The van der Waals surface area contributed by atoms with Crippen molar-refractivity contribution in [2.75, 3.05) is 32.7 Å². The second kappa shape index (κ2) is 9.57. The van der Waals surface area contributed by atoms with E-state index in [2.05, 4.69) is 5.32 Å². The Hall–Kier alpha value is -2.48. The molecule has 2 atom stereocenters. The van der Waals surface area contributed by atoms with Gasteiger partial charge in [-0.2, -0.15) is 0 Å². The molecule has 7 nitrogen and oxygen atoms in total. The number of carbonyl (C=O) groups is 3. The minimum absolute atomic E-state index is 0.0561. The lowest BCUT2D eigenvalue weighted by atomic mass is 10.1. The molecule has 174 valence electrons. The molecular weight excluding hydrogens is 411 g/mol. The topological polar surface area (TPSA) is 73.0 Å². The SMILES string of the molecule is CC(C)C(=O)N(C1CC1)C1CC(C(=O)N2CCCNCC2)N(C(=O)c2ccc(F)cc2)C1. The first-order valence-electron chi connectivity index (χ1n) is 11.7. The van der Waals surface area contributed by atoms with Gasteiger partial charge in [0, 0.05) is 43.7 Å². The molecule has 2 heterocycles. The number of amides is 3. The highest BCUT2D eigenvalue weighted by Crippen LogP contribution is 2.35. The van der Waals surface area contributed by atoms with Crippen molar-refractivity contribution in [3.05, 3.63) is 35.6 Å². The van der Waals surface area contributed by atoms with E-state index in [9.17, 15) is 18.8 Å². The number of rotatable bonds is 5. The van der Waals surface area contributed by atoms with Crippen molar-refractivity contribution in [1.82, 2.24) is 20.0 Å². The molecule has 8 heteroatoms. The predicted molar refractivity (Wildman–Crippen MR) is 118 cm³/mol. The highest BCUT2D eigenvalue weighted by Gasteiger charge is 2.48. The third-order valence-corrected chi connectivity index (χ3v) is 6.65. The summed E-state index contributed by atoms with van der Waals surface area (Å²) in [6.45, 7) is 6.97. The summed E-state index contributed by atoms with van der Waals surface area (Å²) in [5, 5.41) is 3.30. The van der Waals surface area contributed by atoms with Crippen LogP contribution < -0.4 is 5.32 Å². The summed E-state index contributed by atoms with van der Waals surface area (Å²) >= 11 is 0. The second-order valence-electron chi connectivity index (χ2n) is 9.43. The molecule has 0 aromatic heterocycles. The van der Waals surface area contributed by atoms with Gasteiger partial charge >= 0.3 is 0 Å². The predicted octanol–water partition coefficient (Wildman–Crippen LogP) is 1.88. The Labute approximate surface area is 188 Å². The summed E-state index contributed by atoms with van der Waals surface area (Å²) in [7, 11) is 0. The zero-order valence-electron chi connectivity index (χ0n) is 18.9. The smallest absolute Gasteiger partial charge is 0.254 e. The van der Waals surface area contributed by atoms with Crippen LogP contribution >= 0.6 is 0 Å². The lowest BCUT2D eigenvalue weighted by Crippen LogP contribution is -2.48. The lowest BCUT2D eigenvalue weighted by Gasteiger charge is -2.30. The first-order chi connectivity index (χ1) is 15.4. The zero-order valence-corrected chi connectivity index (χ0v) is 18.9. The van der Waals surface area contributed by atoms with Crippen LogP contribution in [0.15, 0.2) is 24.3 Å². The van der Waals surface area contributed by atoms with Gasteiger partial charge in [0.05, 0.1) is 6.04 Å². The molecule has 2 unspecified atom stereocenters. The third kappa shape index (κ3) is 4.80. The Morgan fingerprint density at radius 2 is 1.78 bits per heavy atom. The van der Waals surface area contributed by atoms with Crippen LogP contribution in [0.5, 0.6) is 0 Å². The Kier molecular flexibility index (Phi) is 6.79. The van der Waals surface area contributed by atoms with Gasteiger partial charge in [-0.25, -0.2) is 4.39 Å². The fourth-order valence-electron chi connectivity index (χ4n) is 4.82. The van der Waals surface area contributed by atoms with Gasteiger partial charge in [0.1, 0.15) is 11.9 Å². The number of nitrogens with one attached hydrogen (secondary N) is 1. The maximum atomic E-state index is 13.6. The molecule has 1 aromatic rings. The molecule has 1 aliphatic carbocycles. The number of halogens is 1. The number of carbonyl (C=O) groups excluding carboxylic acids is 3. The van der Waals surface area contributed by atoms with Crippen molar-refractivity contribution in [1.29, 1.82) is 0 Å². The van der Waals surface area contributed by atoms with Crippen molar-refractivity contribution in [2.45, 2.75) is 57.7 Å². The summed E-state index contributed by atoms with van der Waals surface area (Å²) in [6.07, 6.45) is 3.26. The molecule has 3 fully saturated rings.